The van der Waals surface area contributed by atoms with Gasteiger partial charge in [-0.3, -0.25) is 4.79 Å². The summed E-state index contributed by atoms with van der Waals surface area (Å²) in [5, 5.41) is 14.2. The molecule has 26 heavy (non-hydrogen) atoms. The minimum Gasteiger partial charge on any atom is -0.478 e. The van der Waals surface area contributed by atoms with Crippen LogP contribution in [0.4, 0.5) is 4.79 Å². The number of halogens is 1. The Bertz CT molecular complexity index is 963. The van der Waals surface area contributed by atoms with Crippen molar-refractivity contribution in [1.29, 1.82) is 0 Å². The highest BCUT2D eigenvalue weighted by Crippen LogP contribution is 2.32. The summed E-state index contributed by atoms with van der Waals surface area (Å²) < 4.78 is 5.75. The number of nitrogens with one attached hydrogen (secondary N) is 2. The van der Waals surface area contributed by atoms with E-state index in [1.54, 1.807) is 25.1 Å². The number of furan rings is 1. The third kappa shape index (κ3) is 3.14. The molecule has 0 saturated carbocycles. The highest BCUT2D eigenvalue weighted by Gasteiger charge is 2.32. The van der Waals surface area contributed by atoms with Gasteiger partial charge < -0.3 is 25.9 Å². The van der Waals surface area contributed by atoms with E-state index in [0.717, 1.165) is 0 Å². The first-order chi connectivity index (χ1) is 12.3. The van der Waals surface area contributed by atoms with Crippen molar-refractivity contribution in [3.05, 3.63) is 57.9 Å². The summed E-state index contributed by atoms with van der Waals surface area (Å²) in [4.78, 5) is 34.5. The lowest BCUT2D eigenvalue weighted by Crippen LogP contribution is -2.46. The van der Waals surface area contributed by atoms with E-state index in [4.69, 9.17) is 26.9 Å². The number of carbonyl (C=O) groups is 3. The molecule has 0 fully saturated rings. The summed E-state index contributed by atoms with van der Waals surface area (Å²) in [5.41, 5.74) is 6.46. The molecule has 0 unspecified atom stereocenters. The number of carbonyl (C=O) groups excluding carboxylic acids is 2. The molecule has 3 amide bonds. The summed E-state index contributed by atoms with van der Waals surface area (Å²) >= 11 is 5.98. The van der Waals surface area contributed by atoms with E-state index < -0.39 is 23.9 Å². The highest BCUT2D eigenvalue weighted by molar-refractivity contribution is 6.33. The zero-order valence-corrected chi connectivity index (χ0v) is 14.3. The number of carboxylic acids is 1. The molecule has 0 spiro atoms. The van der Waals surface area contributed by atoms with Crippen molar-refractivity contribution in [2.45, 2.75) is 13.0 Å². The van der Waals surface area contributed by atoms with Crippen LogP contribution in [0.5, 0.6) is 0 Å². The lowest BCUT2D eigenvalue weighted by Gasteiger charge is -2.25. The van der Waals surface area contributed by atoms with Crippen LogP contribution >= 0.6 is 11.6 Å². The number of amides is 3. The van der Waals surface area contributed by atoms with Gasteiger partial charge in [-0.1, -0.05) is 17.7 Å². The third-order valence-corrected chi connectivity index (χ3v) is 4.24. The molecule has 2 aromatic rings. The molecule has 1 aliphatic heterocycles. The molecule has 5 N–H and O–H groups in total. The van der Waals surface area contributed by atoms with E-state index >= 15 is 0 Å². The topological polar surface area (TPSA) is 135 Å². The van der Waals surface area contributed by atoms with Crippen molar-refractivity contribution in [1.82, 2.24) is 10.6 Å². The summed E-state index contributed by atoms with van der Waals surface area (Å²) in [6, 6.07) is 6.30. The van der Waals surface area contributed by atoms with Crippen LogP contribution in [0.25, 0.3) is 11.3 Å². The van der Waals surface area contributed by atoms with Crippen molar-refractivity contribution in [2.75, 3.05) is 0 Å². The fourth-order valence-corrected chi connectivity index (χ4v) is 3.00. The van der Waals surface area contributed by atoms with Crippen LogP contribution in [0.2, 0.25) is 5.02 Å². The Balaban J connectivity index is 1.98. The second-order valence-corrected chi connectivity index (χ2v) is 6.04. The van der Waals surface area contributed by atoms with Crippen molar-refractivity contribution in [2.24, 2.45) is 5.73 Å². The lowest BCUT2D eigenvalue weighted by molar-refractivity contribution is -0.115. The number of nitrogens with two attached hydrogens (primary N) is 1. The summed E-state index contributed by atoms with van der Waals surface area (Å²) in [6.45, 7) is 1.57. The van der Waals surface area contributed by atoms with Gasteiger partial charge in [-0.05, 0) is 31.2 Å². The molecule has 0 radical (unpaired) electrons. The Morgan fingerprint density at radius 3 is 2.62 bits per heavy atom. The first-order valence-electron chi connectivity index (χ1n) is 7.49. The fraction of sp³-hybridized carbons (Fsp3) is 0.118. The van der Waals surface area contributed by atoms with E-state index in [2.05, 4.69) is 10.6 Å². The number of hydrogen-bond acceptors (Lipinski definition) is 4. The maximum absolute atomic E-state index is 11.7. The van der Waals surface area contributed by atoms with Crippen molar-refractivity contribution < 1.29 is 23.9 Å². The van der Waals surface area contributed by atoms with Crippen molar-refractivity contribution >= 4 is 29.5 Å². The molecule has 1 aromatic heterocycles. The zero-order chi connectivity index (χ0) is 19.0. The van der Waals surface area contributed by atoms with Gasteiger partial charge in [0.1, 0.15) is 17.6 Å². The molecule has 0 saturated heterocycles. The Hall–Kier alpha value is -3.26. The van der Waals surface area contributed by atoms with Gasteiger partial charge >= 0.3 is 12.0 Å². The number of benzene rings is 1. The van der Waals surface area contributed by atoms with Gasteiger partial charge in [0.15, 0.2) is 0 Å². The fourth-order valence-electron chi connectivity index (χ4n) is 2.74. The number of hydrogen-bond donors (Lipinski definition) is 4. The summed E-state index contributed by atoms with van der Waals surface area (Å²) in [5.74, 6) is -1.12. The van der Waals surface area contributed by atoms with Crippen LogP contribution < -0.4 is 16.4 Å². The normalized spacial score (nSPS) is 16.8. The summed E-state index contributed by atoms with van der Waals surface area (Å²) in [6.07, 6.45) is 0. The van der Waals surface area contributed by atoms with Gasteiger partial charge in [0, 0.05) is 11.3 Å². The van der Waals surface area contributed by atoms with Crippen LogP contribution in [0.1, 0.15) is 29.1 Å². The van der Waals surface area contributed by atoms with Crippen LogP contribution in [-0.2, 0) is 4.79 Å². The average Bonchev–Trinajstić information content (AvgIpc) is 3.03. The van der Waals surface area contributed by atoms with Gasteiger partial charge in [-0.2, -0.15) is 0 Å². The van der Waals surface area contributed by atoms with E-state index in [9.17, 15) is 14.4 Å². The standard InChI is InChI=1S/C17H14ClN3O5/c1-7-13(15(19)22)14(21-17(25)20-7)12-5-4-11(26-12)8-2-3-9(16(23)24)10(18)6-8/h2-6,14H,1H3,(H2,19,22)(H,23,24)(H2,20,21,25)/t14-/m1/s1. The van der Waals surface area contributed by atoms with Crippen molar-refractivity contribution in [3.63, 3.8) is 0 Å². The number of rotatable bonds is 4. The van der Waals surface area contributed by atoms with Crippen LogP contribution in [-0.4, -0.2) is 23.0 Å². The molecule has 134 valence electrons. The molecule has 2 heterocycles. The van der Waals surface area contributed by atoms with E-state index in [1.807, 2.05) is 0 Å². The number of urea groups is 1. The van der Waals surface area contributed by atoms with E-state index in [-0.39, 0.29) is 16.2 Å². The first kappa shape index (κ1) is 17.6. The van der Waals surface area contributed by atoms with Gasteiger partial charge in [0.25, 0.3) is 0 Å². The molecule has 0 bridgehead atoms. The lowest BCUT2D eigenvalue weighted by atomic mass is 10.0. The molecule has 1 atom stereocenters. The van der Waals surface area contributed by atoms with Gasteiger partial charge in [-0.25, -0.2) is 9.59 Å². The number of primary amides is 1. The molecular weight excluding hydrogens is 362 g/mol. The van der Waals surface area contributed by atoms with Crippen LogP contribution in [0.3, 0.4) is 0 Å². The van der Waals surface area contributed by atoms with Gasteiger partial charge in [-0.15, -0.1) is 0 Å². The second kappa shape index (κ2) is 6.57. The smallest absolute Gasteiger partial charge is 0.337 e. The highest BCUT2D eigenvalue weighted by atomic mass is 35.5. The molecular formula is C17H14ClN3O5. The maximum atomic E-state index is 11.7. The van der Waals surface area contributed by atoms with Crippen LogP contribution in [0.15, 0.2) is 46.0 Å². The second-order valence-electron chi connectivity index (χ2n) is 5.64. The molecule has 0 aliphatic carbocycles. The largest absolute Gasteiger partial charge is 0.478 e. The predicted molar refractivity (Wildman–Crippen MR) is 92.4 cm³/mol. The minimum absolute atomic E-state index is 0.0256. The van der Waals surface area contributed by atoms with E-state index in [1.165, 1.54) is 12.1 Å². The third-order valence-electron chi connectivity index (χ3n) is 3.93. The van der Waals surface area contributed by atoms with Crippen molar-refractivity contribution in [3.8, 4) is 11.3 Å². The molecule has 1 aromatic carbocycles. The van der Waals surface area contributed by atoms with Gasteiger partial charge in [0.05, 0.1) is 16.2 Å². The summed E-state index contributed by atoms with van der Waals surface area (Å²) in [7, 11) is 0. The Labute approximate surface area is 152 Å². The quantitative estimate of drug-likeness (QED) is 0.650. The average molecular weight is 376 g/mol. The molecule has 1 aliphatic rings. The van der Waals surface area contributed by atoms with Gasteiger partial charge in [0.2, 0.25) is 5.91 Å². The number of allylic oxidation sites excluding steroid dienone is 1. The zero-order valence-electron chi connectivity index (χ0n) is 13.5. The first-order valence-corrected chi connectivity index (χ1v) is 7.86. The minimum atomic E-state index is -1.13. The predicted octanol–water partition coefficient (Wildman–Crippen LogP) is 2.41. The molecule has 9 heteroatoms. The monoisotopic (exact) mass is 375 g/mol. The maximum Gasteiger partial charge on any atom is 0.337 e. The molecule has 8 nitrogen and oxygen atoms in total. The Morgan fingerprint density at radius 2 is 2.00 bits per heavy atom. The Morgan fingerprint density at radius 1 is 1.27 bits per heavy atom. The van der Waals surface area contributed by atoms with E-state index in [0.29, 0.717) is 22.8 Å². The van der Waals surface area contributed by atoms with Crippen LogP contribution in [0, 0.1) is 0 Å². The number of carboxylic acid groups (broad SMARTS) is 1. The molecule has 3 rings (SSSR count). The SMILES string of the molecule is CC1=C(C(N)=O)[C@@H](c2ccc(-c3ccc(C(=O)O)c(Cl)c3)o2)NC(=O)N1. The number of aromatic carboxylic acids is 1. The Kier molecular flexibility index (Phi) is 4.43.